The van der Waals surface area contributed by atoms with E-state index in [1.54, 1.807) is 0 Å². The summed E-state index contributed by atoms with van der Waals surface area (Å²) in [6, 6.07) is 0. The van der Waals surface area contributed by atoms with Gasteiger partial charge in [-0.3, -0.25) is 0 Å². The fourth-order valence-electron chi connectivity index (χ4n) is 1.46. The van der Waals surface area contributed by atoms with Crippen molar-refractivity contribution in [3.05, 3.63) is 24.3 Å². The summed E-state index contributed by atoms with van der Waals surface area (Å²) in [5.74, 6) is 0. The van der Waals surface area contributed by atoms with Crippen LogP contribution in [0, 0.1) is 0 Å². The largest absolute Gasteiger partial charge is 0.0917 e. The van der Waals surface area contributed by atoms with E-state index in [1.807, 2.05) is 0 Å². The third kappa shape index (κ3) is 11.5. The molecule has 0 aromatic carbocycles. The van der Waals surface area contributed by atoms with Crippen molar-refractivity contribution in [1.82, 2.24) is 0 Å². The summed E-state index contributed by atoms with van der Waals surface area (Å²) < 4.78 is 0. The van der Waals surface area contributed by atoms with Gasteiger partial charge in [-0.25, -0.2) is 0 Å². The van der Waals surface area contributed by atoms with Crippen molar-refractivity contribution >= 4 is 0 Å². The normalized spacial score (nSPS) is 11.9. The number of hydrogen-bond acceptors (Lipinski definition) is 0. The first-order valence-corrected chi connectivity index (χ1v) is 6.18. The summed E-state index contributed by atoms with van der Waals surface area (Å²) in [6.07, 6.45) is 19.7. The zero-order valence-corrected chi connectivity index (χ0v) is 9.97. The molecular formula is C14H26. The molecular weight excluding hydrogens is 168 g/mol. The van der Waals surface area contributed by atoms with Crippen molar-refractivity contribution in [1.29, 1.82) is 0 Å². The predicted molar refractivity (Wildman–Crippen MR) is 66.6 cm³/mol. The number of rotatable bonds is 9. The van der Waals surface area contributed by atoms with Crippen molar-refractivity contribution in [3.63, 3.8) is 0 Å². The molecule has 0 aliphatic heterocycles. The number of unbranched alkanes of at least 4 members (excludes halogenated alkanes) is 6. The molecule has 0 N–H and O–H groups in total. The highest BCUT2D eigenvalue weighted by Crippen LogP contribution is 2.05. The van der Waals surface area contributed by atoms with Crippen LogP contribution in [0.25, 0.3) is 0 Å². The van der Waals surface area contributed by atoms with Gasteiger partial charge in [0, 0.05) is 0 Å². The first kappa shape index (κ1) is 13.5. The van der Waals surface area contributed by atoms with Crippen molar-refractivity contribution in [2.75, 3.05) is 0 Å². The molecule has 0 bridgehead atoms. The molecule has 0 amide bonds. The van der Waals surface area contributed by atoms with Gasteiger partial charge in [0.1, 0.15) is 0 Å². The van der Waals surface area contributed by atoms with E-state index >= 15 is 0 Å². The summed E-state index contributed by atoms with van der Waals surface area (Å²) >= 11 is 0. The lowest BCUT2D eigenvalue weighted by atomic mass is 10.1. The lowest BCUT2D eigenvalue weighted by molar-refractivity contribution is 0.637. The van der Waals surface area contributed by atoms with Crippen LogP contribution in [0.1, 0.15) is 65.2 Å². The maximum absolute atomic E-state index is 2.34. The van der Waals surface area contributed by atoms with Crippen LogP contribution in [0.2, 0.25) is 0 Å². The van der Waals surface area contributed by atoms with Crippen LogP contribution in [0.4, 0.5) is 0 Å². The zero-order chi connectivity index (χ0) is 10.5. The molecule has 0 spiro atoms. The Bertz CT molecular complexity index is 142. The molecule has 82 valence electrons. The van der Waals surface area contributed by atoms with Crippen LogP contribution in [0.3, 0.4) is 0 Å². The van der Waals surface area contributed by atoms with Crippen LogP contribution in [0.15, 0.2) is 24.3 Å². The molecule has 0 nitrogen and oxygen atoms in total. The molecule has 0 aromatic rings. The van der Waals surface area contributed by atoms with Gasteiger partial charge < -0.3 is 0 Å². The average Bonchev–Trinajstić information content (AvgIpc) is 2.21. The minimum atomic E-state index is 1.20. The average molecular weight is 194 g/mol. The molecule has 0 saturated heterocycles. The maximum atomic E-state index is 2.34. The highest BCUT2D eigenvalue weighted by Gasteiger charge is 1.85. The molecule has 0 saturated carbocycles. The Morgan fingerprint density at radius 2 is 1.36 bits per heavy atom. The highest BCUT2D eigenvalue weighted by molar-refractivity contribution is 4.86. The molecule has 0 unspecified atom stereocenters. The Kier molecular flexibility index (Phi) is 12.0. The first-order valence-electron chi connectivity index (χ1n) is 6.18. The van der Waals surface area contributed by atoms with E-state index in [9.17, 15) is 0 Å². The Morgan fingerprint density at radius 3 is 2.07 bits per heavy atom. The maximum Gasteiger partial charge on any atom is -0.0316 e. The summed E-state index contributed by atoms with van der Waals surface area (Å²) in [6.45, 7) is 4.35. The molecule has 0 heterocycles. The lowest BCUT2D eigenvalue weighted by Crippen LogP contribution is -1.75. The minimum absolute atomic E-state index is 1.20. The van der Waals surface area contributed by atoms with Gasteiger partial charge in [-0.05, 0) is 32.6 Å². The second kappa shape index (κ2) is 12.5. The van der Waals surface area contributed by atoms with Crippen molar-refractivity contribution in [2.24, 2.45) is 0 Å². The molecule has 0 aliphatic carbocycles. The van der Waals surface area contributed by atoms with Gasteiger partial charge in [-0.15, -0.1) is 0 Å². The van der Waals surface area contributed by atoms with E-state index in [0.717, 1.165) is 0 Å². The van der Waals surface area contributed by atoms with Crippen molar-refractivity contribution in [3.8, 4) is 0 Å². The smallest absolute Gasteiger partial charge is 0.0316 e. The van der Waals surface area contributed by atoms with Crippen LogP contribution in [0.5, 0.6) is 0 Å². The van der Waals surface area contributed by atoms with Crippen LogP contribution in [-0.4, -0.2) is 0 Å². The van der Waals surface area contributed by atoms with Crippen molar-refractivity contribution < 1.29 is 0 Å². The molecule has 0 heteroatoms. The SMILES string of the molecule is CC=CCCC=CCCCCCCC. The molecule has 0 rings (SSSR count). The van der Waals surface area contributed by atoms with Crippen LogP contribution in [-0.2, 0) is 0 Å². The van der Waals surface area contributed by atoms with Crippen molar-refractivity contribution in [2.45, 2.75) is 65.2 Å². The third-order valence-corrected chi connectivity index (χ3v) is 2.38. The zero-order valence-electron chi connectivity index (χ0n) is 9.97. The van der Waals surface area contributed by atoms with Crippen LogP contribution < -0.4 is 0 Å². The first-order chi connectivity index (χ1) is 6.91. The van der Waals surface area contributed by atoms with Gasteiger partial charge >= 0.3 is 0 Å². The van der Waals surface area contributed by atoms with E-state index < -0.39 is 0 Å². The molecule has 0 aliphatic rings. The van der Waals surface area contributed by atoms with E-state index in [2.05, 4.69) is 38.2 Å². The van der Waals surface area contributed by atoms with Gasteiger partial charge in [0.25, 0.3) is 0 Å². The molecule has 0 fully saturated rings. The Balaban J connectivity index is 3.03. The minimum Gasteiger partial charge on any atom is -0.0917 e. The van der Waals surface area contributed by atoms with Gasteiger partial charge in [-0.1, -0.05) is 56.9 Å². The summed E-state index contributed by atoms with van der Waals surface area (Å²) in [5, 5.41) is 0. The molecule has 0 atom stereocenters. The molecule has 0 radical (unpaired) electrons. The Morgan fingerprint density at radius 1 is 0.714 bits per heavy atom. The standard InChI is InChI=1S/C14H26/c1-3-5-7-9-11-13-14-12-10-8-6-4-2/h3,5,11,13H,4,6-10,12,14H2,1-2H3. The van der Waals surface area contributed by atoms with Gasteiger partial charge in [-0.2, -0.15) is 0 Å². The van der Waals surface area contributed by atoms with E-state index in [-0.39, 0.29) is 0 Å². The van der Waals surface area contributed by atoms with E-state index in [4.69, 9.17) is 0 Å². The van der Waals surface area contributed by atoms with Gasteiger partial charge in [0.05, 0.1) is 0 Å². The summed E-state index contributed by atoms with van der Waals surface area (Å²) in [4.78, 5) is 0. The monoisotopic (exact) mass is 194 g/mol. The van der Waals surface area contributed by atoms with E-state index in [0.29, 0.717) is 0 Å². The second-order valence-corrected chi connectivity index (χ2v) is 3.82. The number of hydrogen-bond donors (Lipinski definition) is 0. The predicted octanol–water partition coefficient (Wildman–Crippen LogP) is 5.26. The quantitative estimate of drug-likeness (QED) is 0.347. The topological polar surface area (TPSA) is 0 Å². The van der Waals surface area contributed by atoms with Gasteiger partial charge in [0.2, 0.25) is 0 Å². The fourth-order valence-corrected chi connectivity index (χ4v) is 1.46. The molecule has 14 heavy (non-hydrogen) atoms. The summed E-state index contributed by atoms with van der Waals surface area (Å²) in [7, 11) is 0. The lowest BCUT2D eigenvalue weighted by Gasteiger charge is -1.95. The fraction of sp³-hybridized carbons (Fsp3) is 0.714. The number of allylic oxidation sites excluding steroid dienone is 4. The summed E-state index contributed by atoms with van der Waals surface area (Å²) in [5.41, 5.74) is 0. The van der Waals surface area contributed by atoms with Gasteiger partial charge in [0.15, 0.2) is 0 Å². The molecule has 0 aromatic heterocycles. The second-order valence-electron chi connectivity index (χ2n) is 3.82. The van der Waals surface area contributed by atoms with Crippen LogP contribution >= 0.6 is 0 Å². The highest BCUT2D eigenvalue weighted by atomic mass is 13.9. The Labute approximate surface area is 90.1 Å². The Hall–Kier alpha value is -0.520. The third-order valence-electron chi connectivity index (χ3n) is 2.38. The van der Waals surface area contributed by atoms with E-state index in [1.165, 1.54) is 51.4 Å².